The van der Waals surface area contributed by atoms with E-state index in [1.807, 2.05) is 72.5 Å². The normalized spacial score (nSPS) is 14.4. The van der Waals surface area contributed by atoms with Gasteiger partial charge in [0.2, 0.25) is 0 Å². The van der Waals surface area contributed by atoms with Gasteiger partial charge in [0.1, 0.15) is 17.2 Å². The van der Waals surface area contributed by atoms with E-state index < -0.39 is 0 Å². The molecule has 0 spiro atoms. The van der Waals surface area contributed by atoms with Crippen LogP contribution in [-0.4, -0.2) is 41.2 Å². The maximum atomic E-state index is 12.9. The molecule has 154 valence electrons. The highest BCUT2D eigenvalue weighted by molar-refractivity contribution is 5.94. The lowest BCUT2D eigenvalue weighted by atomic mass is 9.93. The number of benzene rings is 2. The molecule has 1 saturated heterocycles. The number of rotatable bonds is 5. The van der Waals surface area contributed by atoms with E-state index in [-0.39, 0.29) is 5.91 Å². The fourth-order valence-corrected chi connectivity index (χ4v) is 3.63. The minimum absolute atomic E-state index is 0.0550. The molecule has 1 aliphatic rings. The topological polar surface area (TPSA) is 64.6 Å². The lowest BCUT2D eigenvalue weighted by molar-refractivity contribution is 0.0712. The summed E-state index contributed by atoms with van der Waals surface area (Å²) in [5, 5.41) is 8.46. The van der Waals surface area contributed by atoms with Crippen LogP contribution in [0.1, 0.15) is 40.5 Å². The van der Waals surface area contributed by atoms with Gasteiger partial charge in [-0.15, -0.1) is 0 Å². The van der Waals surface area contributed by atoms with Crippen molar-refractivity contribution in [2.75, 3.05) is 20.2 Å². The van der Waals surface area contributed by atoms with Crippen LogP contribution in [0.2, 0.25) is 0 Å². The molecule has 0 atom stereocenters. The third-order valence-corrected chi connectivity index (χ3v) is 5.42. The molecule has 4 rings (SSSR count). The molecule has 6 heteroatoms. The molecule has 1 aromatic heterocycles. The molecule has 0 saturated carbocycles. The molecule has 3 aromatic rings. The molecular weight excluding hydrogens is 378 g/mol. The zero-order chi connectivity index (χ0) is 20.9. The standard InChI is InChI=1S/C24H25N3O3/c1-17-3-12-23(26-25-17)18-13-15-27(16-14-18)24(28)19-4-6-21(7-5-19)30-22-10-8-20(29-2)9-11-22/h3-12,18H,13-16H2,1-2H3. The minimum Gasteiger partial charge on any atom is -0.497 e. The van der Waals surface area contributed by atoms with Crippen LogP contribution >= 0.6 is 0 Å². The number of aryl methyl sites for hydroxylation is 1. The van der Waals surface area contributed by atoms with Crippen LogP contribution in [0.25, 0.3) is 0 Å². The van der Waals surface area contributed by atoms with Gasteiger partial charge in [-0.25, -0.2) is 0 Å². The summed E-state index contributed by atoms with van der Waals surface area (Å²) in [5.41, 5.74) is 2.61. The first kappa shape index (κ1) is 19.9. The molecule has 0 unspecified atom stereocenters. The molecular formula is C24H25N3O3. The first-order valence-corrected chi connectivity index (χ1v) is 10.1. The summed E-state index contributed by atoms with van der Waals surface area (Å²) in [6.45, 7) is 3.39. The Hall–Kier alpha value is -3.41. The smallest absolute Gasteiger partial charge is 0.253 e. The minimum atomic E-state index is 0.0550. The molecule has 2 aromatic carbocycles. The van der Waals surface area contributed by atoms with Gasteiger partial charge >= 0.3 is 0 Å². The van der Waals surface area contributed by atoms with Gasteiger partial charge in [-0.2, -0.15) is 10.2 Å². The number of hydrogen-bond donors (Lipinski definition) is 0. The highest BCUT2D eigenvalue weighted by Crippen LogP contribution is 2.28. The summed E-state index contributed by atoms with van der Waals surface area (Å²) in [6.07, 6.45) is 1.81. The molecule has 0 N–H and O–H groups in total. The number of aromatic nitrogens is 2. The first-order chi connectivity index (χ1) is 14.6. The molecule has 0 radical (unpaired) electrons. The Labute approximate surface area is 176 Å². The average molecular weight is 403 g/mol. The zero-order valence-electron chi connectivity index (χ0n) is 17.2. The predicted molar refractivity (Wildman–Crippen MR) is 114 cm³/mol. The lowest BCUT2D eigenvalue weighted by Gasteiger charge is -2.31. The van der Waals surface area contributed by atoms with Crippen LogP contribution in [0.3, 0.4) is 0 Å². The highest BCUT2D eigenvalue weighted by Gasteiger charge is 2.25. The van der Waals surface area contributed by atoms with Crippen LogP contribution in [-0.2, 0) is 0 Å². The van der Waals surface area contributed by atoms with Crippen molar-refractivity contribution in [3.63, 3.8) is 0 Å². The van der Waals surface area contributed by atoms with Crippen LogP contribution in [0.4, 0.5) is 0 Å². The van der Waals surface area contributed by atoms with Gasteiger partial charge in [-0.1, -0.05) is 0 Å². The van der Waals surface area contributed by atoms with Crippen LogP contribution in [0.5, 0.6) is 17.2 Å². The highest BCUT2D eigenvalue weighted by atomic mass is 16.5. The van der Waals surface area contributed by atoms with Crippen molar-refractivity contribution in [2.24, 2.45) is 0 Å². The first-order valence-electron chi connectivity index (χ1n) is 10.1. The Morgan fingerprint density at radius 2 is 1.47 bits per heavy atom. The number of nitrogens with zero attached hydrogens (tertiary/aromatic N) is 3. The van der Waals surface area contributed by atoms with Gasteiger partial charge < -0.3 is 14.4 Å². The molecule has 0 aliphatic carbocycles. The Bertz CT molecular complexity index is 978. The van der Waals surface area contributed by atoms with E-state index in [9.17, 15) is 4.79 Å². The van der Waals surface area contributed by atoms with Crippen LogP contribution in [0, 0.1) is 6.92 Å². The maximum Gasteiger partial charge on any atom is 0.253 e. The zero-order valence-corrected chi connectivity index (χ0v) is 17.2. The van der Waals surface area contributed by atoms with Gasteiger partial charge in [-0.05, 0) is 80.4 Å². The number of carbonyl (C=O) groups is 1. The quantitative estimate of drug-likeness (QED) is 0.623. The third-order valence-electron chi connectivity index (χ3n) is 5.42. The Morgan fingerprint density at radius 1 is 0.867 bits per heavy atom. The SMILES string of the molecule is COc1ccc(Oc2ccc(C(=O)N3CCC(c4ccc(C)nn4)CC3)cc2)cc1. The fourth-order valence-electron chi connectivity index (χ4n) is 3.63. The second-order valence-electron chi connectivity index (χ2n) is 7.47. The summed E-state index contributed by atoms with van der Waals surface area (Å²) in [5.74, 6) is 2.60. The van der Waals surface area contributed by atoms with Crippen molar-refractivity contribution in [3.8, 4) is 17.2 Å². The van der Waals surface area contributed by atoms with Gasteiger partial charge in [0.25, 0.3) is 5.91 Å². The summed E-state index contributed by atoms with van der Waals surface area (Å²) in [6, 6.07) is 18.7. The Morgan fingerprint density at radius 3 is 2.03 bits per heavy atom. The van der Waals surface area contributed by atoms with Crippen molar-refractivity contribution in [2.45, 2.75) is 25.7 Å². The van der Waals surface area contributed by atoms with Crippen molar-refractivity contribution < 1.29 is 14.3 Å². The van der Waals surface area contributed by atoms with Gasteiger partial charge in [0, 0.05) is 24.6 Å². The monoisotopic (exact) mass is 403 g/mol. The number of hydrogen-bond acceptors (Lipinski definition) is 5. The molecule has 1 fully saturated rings. The maximum absolute atomic E-state index is 12.9. The van der Waals surface area contributed by atoms with Crippen LogP contribution in [0.15, 0.2) is 60.7 Å². The summed E-state index contributed by atoms with van der Waals surface area (Å²) in [7, 11) is 1.63. The number of ether oxygens (including phenoxy) is 2. The van der Waals surface area contributed by atoms with E-state index in [4.69, 9.17) is 9.47 Å². The summed E-state index contributed by atoms with van der Waals surface area (Å²) in [4.78, 5) is 14.8. The average Bonchev–Trinajstić information content (AvgIpc) is 2.80. The lowest BCUT2D eigenvalue weighted by Crippen LogP contribution is -2.38. The molecule has 2 heterocycles. The van der Waals surface area contributed by atoms with Gasteiger partial charge in [-0.3, -0.25) is 4.79 Å². The summed E-state index contributed by atoms with van der Waals surface area (Å²) < 4.78 is 11.0. The fraction of sp³-hybridized carbons (Fsp3) is 0.292. The van der Waals surface area contributed by atoms with E-state index in [2.05, 4.69) is 10.2 Å². The number of piperidine rings is 1. The molecule has 1 aliphatic heterocycles. The van der Waals surface area contributed by atoms with Crippen LogP contribution < -0.4 is 9.47 Å². The van der Waals surface area contributed by atoms with Crippen molar-refractivity contribution >= 4 is 5.91 Å². The molecule has 0 bridgehead atoms. The summed E-state index contributed by atoms with van der Waals surface area (Å²) >= 11 is 0. The van der Waals surface area contributed by atoms with E-state index in [0.717, 1.165) is 48.8 Å². The third kappa shape index (κ3) is 4.59. The number of methoxy groups -OCH3 is 1. The number of likely N-dealkylation sites (tertiary alicyclic amines) is 1. The number of amides is 1. The Balaban J connectivity index is 1.34. The molecule has 6 nitrogen and oxygen atoms in total. The van der Waals surface area contributed by atoms with Gasteiger partial charge in [0.05, 0.1) is 18.5 Å². The molecule has 1 amide bonds. The van der Waals surface area contributed by atoms with Crippen molar-refractivity contribution in [3.05, 3.63) is 77.6 Å². The predicted octanol–water partition coefficient (Wildman–Crippen LogP) is 4.61. The number of carbonyl (C=O) groups excluding carboxylic acids is 1. The molecule has 30 heavy (non-hydrogen) atoms. The van der Waals surface area contributed by atoms with E-state index in [1.54, 1.807) is 7.11 Å². The van der Waals surface area contributed by atoms with Gasteiger partial charge in [0.15, 0.2) is 0 Å². The van der Waals surface area contributed by atoms with Crippen molar-refractivity contribution in [1.82, 2.24) is 15.1 Å². The second kappa shape index (κ2) is 8.95. The largest absolute Gasteiger partial charge is 0.497 e. The second-order valence-corrected chi connectivity index (χ2v) is 7.47. The van der Waals surface area contributed by atoms with E-state index in [1.165, 1.54) is 0 Å². The van der Waals surface area contributed by atoms with Crippen molar-refractivity contribution in [1.29, 1.82) is 0 Å². The Kier molecular flexibility index (Phi) is 5.93. The van der Waals surface area contributed by atoms with E-state index in [0.29, 0.717) is 17.2 Å². The van der Waals surface area contributed by atoms with E-state index >= 15 is 0 Å².